The van der Waals surface area contributed by atoms with Gasteiger partial charge in [-0.2, -0.15) is 0 Å². The highest BCUT2D eigenvalue weighted by atomic mass is 32.2. The number of thioether (sulfide) groups is 1. The van der Waals surface area contributed by atoms with Crippen LogP contribution in [0.5, 0.6) is 0 Å². The largest absolute Gasteiger partial charge is 0.293 e. The zero-order valence-electron chi connectivity index (χ0n) is 8.54. The molecule has 0 radical (unpaired) electrons. The normalized spacial score (nSPS) is 10.0. The van der Waals surface area contributed by atoms with Gasteiger partial charge >= 0.3 is 0 Å². The summed E-state index contributed by atoms with van der Waals surface area (Å²) in [7, 11) is 0. The first-order valence-corrected chi connectivity index (χ1v) is 5.81. The van der Waals surface area contributed by atoms with E-state index in [0.29, 0.717) is 11.3 Å². The maximum atomic E-state index is 11.7. The van der Waals surface area contributed by atoms with Crippen LogP contribution in [-0.4, -0.2) is 21.5 Å². The first-order valence-electron chi connectivity index (χ1n) is 4.82. The first kappa shape index (κ1) is 10.8. The molecule has 0 spiro atoms. The molecule has 0 aliphatic heterocycles. The summed E-state index contributed by atoms with van der Waals surface area (Å²) >= 11 is 1.52. The molecule has 0 bridgehead atoms. The fraction of sp³-hybridized carbons (Fsp3) is 0.0833. The standard InChI is InChI=1S/C12H10N2OS/c15-12(10-6-13-9-14-7-10)8-16-11-4-2-1-3-5-11/h1-7,9H,8H2. The molecule has 16 heavy (non-hydrogen) atoms. The summed E-state index contributed by atoms with van der Waals surface area (Å²) in [6, 6.07) is 9.84. The minimum atomic E-state index is 0.0504. The molecule has 80 valence electrons. The Morgan fingerprint density at radius 2 is 1.81 bits per heavy atom. The highest BCUT2D eigenvalue weighted by molar-refractivity contribution is 8.00. The third kappa shape index (κ3) is 2.90. The Balaban J connectivity index is 1.95. The van der Waals surface area contributed by atoms with Crippen molar-refractivity contribution in [1.29, 1.82) is 0 Å². The van der Waals surface area contributed by atoms with E-state index in [9.17, 15) is 4.79 Å². The Hall–Kier alpha value is -1.68. The van der Waals surface area contributed by atoms with Crippen molar-refractivity contribution in [2.75, 3.05) is 5.75 Å². The Kier molecular flexibility index (Phi) is 3.66. The molecule has 2 rings (SSSR count). The molecule has 0 aliphatic rings. The summed E-state index contributed by atoms with van der Waals surface area (Å²) in [6.07, 6.45) is 4.50. The fourth-order valence-corrected chi connectivity index (χ4v) is 2.01. The van der Waals surface area contributed by atoms with Crippen molar-refractivity contribution >= 4 is 17.5 Å². The van der Waals surface area contributed by atoms with E-state index in [1.807, 2.05) is 30.3 Å². The highest BCUT2D eigenvalue weighted by Crippen LogP contribution is 2.17. The van der Waals surface area contributed by atoms with Gasteiger partial charge in [0.1, 0.15) is 6.33 Å². The summed E-state index contributed by atoms with van der Waals surface area (Å²) in [5.41, 5.74) is 0.561. The van der Waals surface area contributed by atoms with Crippen LogP contribution in [0.2, 0.25) is 0 Å². The molecule has 0 saturated heterocycles. The van der Waals surface area contributed by atoms with Gasteiger partial charge in [-0.1, -0.05) is 18.2 Å². The number of hydrogen-bond acceptors (Lipinski definition) is 4. The maximum Gasteiger partial charge on any atom is 0.176 e. The van der Waals surface area contributed by atoms with Gasteiger partial charge in [0.2, 0.25) is 0 Å². The van der Waals surface area contributed by atoms with E-state index in [0.717, 1.165) is 4.90 Å². The van der Waals surface area contributed by atoms with Crippen LogP contribution in [0.3, 0.4) is 0 Å². The van der Waals surface area contributed by atoms with Gasteiger partial charge in [0.05, 0.1) is 11.3 Å². The van der Waals surface area contributed by atoms with Crippen molar-refractivity contribution in [1.82, 2.24) is 9.97 Å². The van der Waals surface area contributed by atoms with E-state index in [1.54, 1.807) is 12.4 Å². The van der Waals surface area contributed by atoms with Gasteiger partial charge in [0.25, 0.3) is 0 Å². The lowest BCUT2D eigenvalue weighted by Crippen LogP contribution is -2.03. The van der Waals surface area contributed by atoms with Crippen LogP contribution >= 0.6 is 11.8 Å². The van der Waals surface area contributed by atoms with E-state index >= 15 is 0 Å². The van der Waals surface area contributed by atoms with Crippen molar-refractivity contribution in [3.05, 3.63) is 54.6 Å². The van der Waals surface area contributed by atoms with Gasteiger partial charge in [-0.05, 0) is 12.1 Å². The third-order valence-corrected chi connectivity index (χ3v) is 3.01. The molecular formula is C12H10N2OS. The van der Waals surface area contributed by atoms with Gasteiger partial charge < -0.3 is 0 Å². The average Bonchev–Trinajstić information content (AvgIpc) is 2.38. The topological polar surface area (TPSA) is 42.9 Å². The minimum Gasteiger partial charge on any atom is -0.293 e. The molecule has 0 aliphatic carbocycles. The zero-order chi connectivity index (χ0) is 11.2. The maximum absolute atomic E-state index is 11.7. The monoisotopic (exact) mass is 230 g/mol. The van der Waals surface area contributed by atoms with E-state index in [-0.39, 0.29) is 5.78 Å². The summed E-state index contributed by atoms with van der Waals surface area (Å²) < 4.78 is 0. The van der Waals surface area contributed by atoms with Crippen molar-refractivity contribution in [3.8, 4) is 0 Å². The Morgan fingerprint density at radius 1 is 1.12 bits per heavy atom. The highest BCUT2D eigenvalue weighted by Gasteiger charge is 2.06. The molecule has 0 amide bonds. The van der Waals surface area contributed by atoms with Gasteiger partial charge in [0.15, 0.2) is 5.78 Å². The lowest BCUT2D eigenvalue weighted by atomic mass is 10.2. The van der Waals surface area contributed by atoms with E-state index in [1.165, 1.54) is 18.1 Å². The zero-order valence-corrected chi connectivity index (χ0v) is 9.35. The fourth-order valence-electron chi connectivity index (χ4n) is 1.19. The van der Waals surface area contributed by atoms with Gasteiger partial charge in [0, 0.05) is 17.3 Å². The number of ketones is 1. The van der Waals surface area contributed by atoms with E-state index < -0.39 is 0 Å². The second-order valence-electron chi connectivity index (χ2n) is 3.15. The van der Waals surface area contributed by atoms with Crippen LogP contribution in [0.1, 0.15) is 10.4 Å². The molecule has 0 saturated carbocycles. The summed E-state index contributed by atoms with van der Waals surface area (Å²) in [5, 5.41) is 0. The molecule has 0 unspecified atom stereocenters. The number of Topliss-reactive ketones (excluding diaryl/α,β-unsaturated/α-hetero) is 1. The van der Waals surface area contributed by atoms with E-state index in [4.69, 9.17) is 0 Å². The predicted molar refractivity (Wildman–Crippen MR) is 63.5 cm³/mol. The number of aromatic nitrogens is 2. The molecule has 1 heterocycles. The van der Waals surface area contributed by atoms with Gasteiger partial charge in [-0.3, -0.25) is 4.79 Å². The summed E-state index contributed by atoms with van der Waals surface area (Å²) in [5.74, 6) is 0.464. The SMILES string of the molecule is O=C(CSc1ccccc1)c1cncnc1. The number of hydrogen-bond donors (Lipinski definition) is 0. The average molecular weight is 230 g/mol. The Morgan fingerprint density at radius 3 is 2.50 bits per heavy atom. The lowest BCUT2D eigenvalue weighted by Gasteiger charge is -2.00. The van der Waals surface area contributed by atoms with Gasteiger partial charge in [-0.15, -0.1) is 11.8 Å². The van der Waals surface area contributed by atoms with Crippen molar-refractivity contribution in [3.63, 3.8) is 0 Å². The lowest BCUT2D eigenvalue weighted by molar-refractivity contribution is 0.102. The molecule has 0 fully saturated rings. The molecule has 3 nitrogen and oxygen atoms in total. The first-order chi connectivity index (χ1) is 7.86. The Labute approximate surface area is 97.9 Å². The smallest absolute Gasteiger partial charge is 0.176 e. The number of nitrogens with zero attached hydrogens (tertiary/aromatic N) is 2. The van der Waals surface area contributed by atoms with Crippen LogP contribution < -0.4 is 0 Å². The Bertz CT molecular complexity index is 459. The second kappa shape index (κ2) is 5.42. The molecular weight excluding hydrogens is 220 g/mol. The summed E-state index contributed by atoms with van der Waals surface area (Å²) in [6.45, 7) is 0. The van der Waals surface area contributed by atoms with Crippen LogP contribution in [0.15, 0.2) is 53.9 Å². The summed E-state index contributed by atoms with van der Waals surface area (Å²) in [4.78, 5) is 20.4. The van der Waals surface area contributed by atoms with Crippen molar-refractivity contribution in [2.45, 2.75) is 4.90 Å². The molecule has 2 aromatic rings. The quantitative estimate of drug-likeness (QED) is 0.597. The van der Waals surface area contributed by atoms with Gasteiger partial charge in [-0.25, -0.2) is 9.97 Å². The van der Waals surface area contributed by atoms with Crippen LogP contribution in [0.4, 0.5) is 0 Å². The molecule has 0 N–H and O–H groups in total. The number of rotatable bonds is 4. The predicted octanol–water partition coefficient (Wildman–Crippen LogP) is 2.45. The molecule has 0 atom stereocenters. The minimum absolute atomic E-state index is 0.0504. The number of carbonyl (C=O) groups excluding carboxylic acids is 1. The number of benzene rings is 1. The van der Waals surface area contributed by atoms with Crippen LogP contribution in [0, 0.1) is 0 Å². The molecule has 4 heteroatoms. The second-order valence-corrected chi connectivity index (χ2v) is 4.20. The number of carbonyl (C=O) groups is 1. The third-order valence-electron chi connectivity index (χ3n) is 2.00. The van der Waals surface area contributed by atoms with Crippen molar-refractivity contribution < 1.29 is 4.79 Å². The molecule has 1 aromatic heterocycles. The molecule has 1 aromatic carbocycles. The van der Waals surface area contributed by atoms with Crippen LogP contribution in [0.25, 0.3) is 0 Å². The van der Waals surface area contributed by atoms with Crippen molar-refractivity contribution in [2.24, 2.45) is 0 Å². The van der Waals surface area contributed by atoms with Crippen LogP contribution in [-0.2, 0) is 0 Å². The van der Waals surface area contributed by atoms with E-state index in [2.05, 4.69) is 9.97 Å².